The van der Waals surface area contributed by atoms with Crippen LogP contribution in [0.25, 0.3) is 10.9 Å². The highest BCUT2D eigenvalue weighted by molar-refractivity contribution is 6.04. The third-order valence-corrected chi connectivity index (χ3v) is 4.13. The number of fused-ring (bicyclic) bond motifs is 2. The Bertz CT molecular complexity index is 722. The fraction of sp³-hybridized carbons (Fsp3) is 0.375. The summed E-state index contributed by atoms with van der Waals surface area (Å²) in [5.41, 5.74) is 2.25. The van der Waals surface area contributed by atoms with Gasteiger partial charge in [-0.15, -0.1) is 0 Å². The topological polar surface area (TPSA) is 50.2 Å². The van der Waals surface area contributed by atoms with Crippen molar-refractivity contribution in [1.82, 2.24) is 4.98 Å². The minimum atomic E-state index is -1.00. The Morgan fingerprint density at radius 2 is 2.15 bits per heavy atom. The molecule has 1 aliphatic carbocycles. The Morgan fingerprint density at radius 3 is 2.85 bits per heavy atom. The molecule has 0 saturated heterocycles. The van der Waals surface area contributed by atoms with E-state index < -0.39 is 11.8 Å². The summed E-state index contributed by atoms with van der Waals surface area (Å²) in [6, 6.07) is 4.15. The zero-order valence-electron chi connectivity index (χ0n) is 11.5. The van der Waals surface area contributed by atoms with Crippen molar-refractivity contribution in [3.63, 3.8) is 0 Å². The van der Waals surface area contributed by atoms with Crippen molar-refractivity contribution >= 4 is 16.9 Å². The largest absolute Gasteiger partial charge is 0.478 e. The Hall–Kier alpha value is -1.97. The van der Waals surface area contributed by atoms with Gasteiger partial charge in [-0.05, 0) is 43.0 Å². The molecule has 0 atom stereocenters. The predicted molar refractivity (Wildman–Crippen MR) is 74.6 cm³/mol. The third-order valence-electron chi connectivity index (χ3n) is 4.13. The maximum atomic E-state index is 13.4. The Kier molecular flexibility index (Phi) is 2.78. The van der Waals surface area contributed by atoms with E-state index in [4.69, 9.17) is 0 Å². The molecule has 1 aromatic carbocycles. The van der Waals surface area contributed by atoms with E-state index in [0.717, 1.165) is 24.1 Å². The lowest BCUT2D eigenvalue weighted by Gasteiger charge is -2.32. The van der Waals surface area contributed by atoms with Crippen molar-refractivity contribution in [1.29, 1.82) is 0 Å². The van der Waals surface area contributed by atoms with Crippen LogP contribution in [0.5, 0.6) is 0 Å². The Morgan fingerprint density at radius 1 is 1.40 bits per heavy atom. The number of benzene rings is 1. The van der Waals surface area contributed by atoms with Gasteiger partial charge in [-0.2, -0.15) is 0 Å². The van der Waals surface area contributed by atoms with Crippen molar-refractivity contribution in [2.24, 2.45) is 0 Å². The summed E-state index contributed by atoms with van der Waals surface area (Å²) in [5, 5.41) is 9.95. The molecule has 104 valence electrons. The molecule has 1 N–H and O–H groups in total. The standard InChI is InChI=1S/C16H16FNO2/c1-16(2)7-3-4-10-13(15(19)20)11-8-9(17)5-6-12(11)18-14(10)16/h5-6,8H,3-4,7H2,1-2H3,(H,19,20). The van der Waals surface area contributed by atoms with Crippen molar-refractivity contribution < 1.29 is 14.3 Å². The Labute approximate surface area is 116 Å². The van der Waals surface area contributed by atoms with E-state index in [9.17, 15) is 14.3 Å². The number of hydrogen-bond donors (Lipinski definition) is 1. The van der Waals surface area contributed by atoms with Gasteiger partial charge < -0.3 is 5.11 Å². The molecule has 0 aliphatic heterocycles. The molecule has 0 radical (unpaired) electrons. The molecule has 0 saturated carbocycles. The molecule has 1 heterocycles. The number of aromatic carboxylic acids is 1. The SMILES string of the molecule is CC1(C)CCCc2c1nc1ccc(F)cc1c2C(=O)O. The fourth-order valence-electron chi connectivity index (χ4n) is 3.15. The van der Waals surface area contributed by atoms with E-state index in [2.05, 4.69) is 18.8 Å². The number of carboxylic acid groups (broad SMARTS) is 1. The lowest BCUT2D eigenvalue weighted by atomic mass is 9.74. The second-order valence-corrected chi connectivity index (χ2v) is 6.02. The smallest absolute Gasteiger partial charge is 0.336 e. The quantitative estimate of drug-likeness (QED) is 0.862. The van der Waals surface area contributed by atoms with Gasteiger partial charge in [-0.1, -0.05) is 13.8 Å². The van der Waals surface area contributed by atoms with Crippen LogP contribution >= 0.6 is 0 Å². The lowest BCUT2D eigenvalue weighted by molar-refractivity contribution is 0.0697. The molecule has 3 nitrogen and oxygen atoms in total. The van der Waals surface area contributed by atoms with Crippen LogP contribution < -0.4 is 0 Å². The van der Waals surface area contributed by atoms with E-state index in [1.54, 1.807) is 6.07 Å². The first kappa shape index (κ1) is 13.0. The number of pyridine rings is 1. The average molecular weight is 273 g/mol. The van der Waals surface area contributed by atoms with Crippen molar-refractivity contribution in [3.8, 4) is 0 Å². The third kappa shape index (κ3) is 1.87. The lowest BCUT2D eigenvalue weighted by Crippen LogP contribution is -2.27. The second-order valence-electron chi connectivity index (χ2n) is 6.02. The van der Waals surface area contributed by atoms with Gasteiger partial charge in [-0.25, -0.2) is 9.18 Å². The Balaban J connectivity index is 2.45. The number of hydrogen-bond acceptors (Lipinski definition) is 2. The molecule has 2 aromatic rings. The molecule has 20 heavy (non-hydrogen) atoms. The predicted octanol–water partition coefficient (Wildman–Crippen LogP) is 3.69. The summed E-state index contributed by atoms with van der Waals surface area (Å²) in [5.74, 6) is -1.44. The van der Waals surface area contributed by atoms with Crippen molar-refractivity contribution in [2.75, 3.05) is 0 Å². The summed E-state index contributed by atoms with van der Waals surface area (Å²) in [6.45, 7) is 4.16. The number of aromatic nitrogens is 1. The second kappa shape index (κ2) is 4.27. The van der Waals surface area contributed by atoms with Crippen LogP contribution in [0, 0.1) is 5.82 Å². The van der Waals surface area contributed by atoms with Gasteiger partial charge in [0.1, 0.15) is 5.82 Å². The first-order chi connectivity index (χ1) is 9.40. The zero-order chi connectivity index (χ0) is 14.5. The van der Waals surface area contributed by atoms with Crippen LogP contribution in [0.3, 0.4) is 0 Å². The maximum Gasteiger partial charge on any atom is 0.336 e. The molecule has 0 fully saturated rings. The fourth-order valence-corrected chi connectivity index (χ4v) is 3.15. The number of halogens is 1. The summed E-state index contributed by atoms with van der Waals surface area (Å²) < 4.78 is 13.4. The van der Waals surface area contributed by atoms with Crippen molar-refractivity contribution in [2.45, 2.75) is 38.5 Å². The summed E-state index contributed by atoms with van der Waals surface area (Å²) in [6.07, 6.45) is 2.61. The van der Waals surface area contributed by atoms with Crippen molar-refractivity contribution in [3.05, 3.63) is 40.8 Å². The molecular formula is C16H16FNO2. The number of carboxylic acids is 1. The van der Waals surface area contributed by atoms with E-state index in [1.807, 2.05) is 0 Å². The zero-order valence-corrected chi connectivity index (χ0v) is 11.5. The molecule has 0 amide bonds. The maximum absolute atomic E-state index is 13.4. The van der Waals surface area contributed by atoms with Crippen LogP contribution in [-0.2, 0) is 11.8 Å². The summed E-state index contributed by atoms with van der Waals surface area (Å²) >= 11 is 0. The molecule has 0 spiro atoms. The minimum absolute atomic E-state index is 0.139. The van der Waals surface area contributed by atoms with E-state index in [1.165, 1.54) is 12.1 Å². The van der Waals surface area contributed by atoms with Gasteiger partial charge in [0.05, 0.1) is 16.8 Å². The van der Waals surface area contributed by atoms with Crippen LogP contribution in [-0.4, -0.2) is 16.1 Å². The van der Waals surface area contributed by atoms with Crippen LogP contribution in [0.2, 0.25) is 0 Å². The monoisotopic (exact) mass is 273 g/mol. The van der Waals surface area contributed by atoms with Crippen LogP contribution in [0.15, 0.2) is 18.2 Å². The number of carbonyl (C=O) groups is 1. The normalized spacial score (nSPS) is 16.9. The molecule has 3 rings (SSSR count). The highest BCUT2D eigenvalue weighted by atomic mass is 19.1. The molecule has 0 unspecified atom stereocenters. The minimum Gasteiger partial charge on any atom is -0.478 e. The van der Waals surface area contributed by atoms with Gasteiger partial charge in [0.15, 0.2) is 0 Å². The van der Waals surface area contributed by atoms with Gasteiger partial charge in [-0.3, -0.25) is 4.98 Å². The van der Waals surface area contributed by atoms with Gasteiger partial charge in [0, 0.05) is 10.8 Å². The molecule has 4 heteroatoms. The summed E-state index contributed by atoms with van der Waals surface area (Å²) in [4.78, 5) is 16.3. The first-order valence-corrected chi connectivity index (χ1v) is 6.76. The molecular weight excluding hydrogens is 257 g/mol. The molecule has 1 aliphatic rings. The molecule has 0 bridgehead atoms. The first-order valence-electron chi connectivity index (χ1n) is 6.76. The highest BCUT2D eigenvalue weighted by Crippen LogP contribution is 2.39. The number of nitrogens with zero attached hydrogens (tertiary/aromatic N) is 1. The van der Waals surface area contributed by atoms with Gasteiger partial charge >= 0.3 is 5.97 Å². The van der Waals surface area contributed by atoms with Gasteiger partial charge in [0.2, 0.25) is 0 Å². The summed E-state index contributed by atoms with van der Waals surface area (Å²) in [7, 11) is 0. The highest BCUT2D eigenvalue weighted by Gasteiger charge is 2.33. The molecule has 1 aromatic heterocycles. The van der Waals surface area contributed by atoms with Crippen LogP contribution in [0.1, 0.15) is 48.3 Å². The van der Waals surface area contributed by atoms with E-state index >= 15 is 0 Å². The van der Waals surface area contributed by atoms with Gasteiger partial charge in [0.25, 0.3) is 0 Å². The number of rotatable bonds is 1. The average Bonchev–Trinajstić information content (AvgIpc) is 2.36. The van der Waals surface area contributed by atoms with Crippen LogP contribution in [0.4, 0.5) is 4.39 Å². The van der Waals surface area contributed by atoms with E-state index in [-0.39, 0.29) is 11.0 Å². The van der Waals surface area contributed by atoms with E-state index in [0.29, 0.717) is 17.3 Å².